The summed E-state index contributed by atoms with van der Waals surface area (Å²) in [7, 11) is 0. The Kier molecular flexibility index (Phi) is 3.40. The summed E-state index contributed by atoms with van der Waals surface area (Å²) in [6.07, 6.45) is 0. The summed E-state index contributed by atoms with van der Waals surface area (Å²) in [6.45, 7) is 5.75. The summed E-state index contributed by atoms with van der Waals surface area (Å²) in [5.41, 5.74) is 3.66. The van der Waals surface area contributed by atoms with Crippen LogP contribution in [0, 0.1) is 20.8 Å². The van der Waals surface area contributed by atoms with Gasteiger partial charge in [0, 0.05) is 11.6 Å². The van der Waals surface area contributed by atoms with Crippen molar-refractivity contribution in [2.45, 2.75) is 26.7 Å². The SMILES string of the molecule is Cc1nc(-n2nc(C)c(Cl)c2C)ccc1CCl. The first-order chi connectivity index (χ1) is 8.04. The number of nitrogens with zero attached hydrogens (tertiary/aromatic N) is 3. The highest BCUT2D eigenvalue weighted by molar-refractivity contribution is 6.31. The van der Waals surface area contributed by atoms with Crippen molar-refractivity contribution >= 4 is 23.2 Å². The highest BCUT2D eigenvalue weighted by Crippen LogP contribution is 2.22. The van der Waals surface area contributed by atoms with Gasteiger partial charge >= 0.3 is 0 Å². The molecular formula is C12H13Cl2N3. The van der Waals surface area contributed by atoms with Crippen molar-refractivity contribution in [3.05, 3.63) is 39.8 Å². The fraction of sp³-hybridized carbons (Fsp3) is 0.333. The second-order valence-corrected chi connectivity index (χ2v) is 4.59. The lowest BCUT2D eigenvalue weighted by atomic mass is 10.2. The minimum atomic E-state index is 0.469. The van der Waals surface area contributed by atoms with Crippen LogP contribution < -0.4 is 0 Å². The minimum Gasteiger partial charge on any atom is -0.234 e. The van der Waals surface area contributed by atoms with Gasteiger partial charge in [0.15, 0.2) is 5.82 Å². The number of rotatable bonds is 2. The summed E-state index contributed by atoms with van der Waals surface area (Å²) in [6, 6.07) is 3.87. The van der Waals surface area contributed by atoms with Crippen LogP contribution in [0.3, 0.4) is 0 Å². The molecule has 2 aromatic rings. The summed E-state index contributed by atoms with van der Waals surface area (Å²) >= 11 is 11.9. The lowest BCUT2D eigenvalue weighted by molar-refractivity contribution is 0.799. The van der Waals surface area contributed by atoms with E-state index in [1.165, 1.54) is 0 Å². The molecule has 0 fully saturated rings. The van der Waals surface area contributed by atoms with Crippen LogP contribution in [0.25, 0.3) is 5.82 Å². The molecular weight excluding hydrogens is 257 g/mol. The van der Waals surface area contributed by atoms with Crippen molar-refractivity contribution in [2.75, 3.05) is 0 Å². The van der Waals surface area contributed by atoms with E-state index in [1.54, 1.807) is 4.68 Å². The Balaban J connectivity index is 2.53. The number of hydrogen-bond donors (Lipinski definition) is 0. The number of aryl methyl sites for hydroxylation is 2. The van der Waals surface area contributed by atoms with Crippen LogP contribution in [0.4, 0.5) is 0 Å². The molecule has 0 aliphatic carbocycles. The molecule has 90 valence electrons. The van der Waals surface area contributed by atoms with E-state index in [9.17, 15) is 0 Å². The van der Waals surface area contributed by atoms with E-state index in [2.05, 4.69) is 10.1 Å². The highest BCUT2D eigenvalue weighted by Gasteiger charge is 2.12. The molecule has 0 amide bonds. The van der Waals surface area contributed by atoms with Gasteiger partial charge in [0.2, 0.25) is 0 Å². The van der Waals surface area contributed by atoms with Gasteiger partial charge in [-0.1, -0.05) is 17.7 Å². The molecule has 3 nitrogen and oxygen atoms in total. The first kappa shape index (κ1) is 12.4. The van der Waals surface area contributed by atoms with Gasteiger partial charge in [-0.2, -0.15) is 5.10 Å². The lowest BCUT2D eigenvalue weighted by Crippen LogP contribution is -2.04. The number of pyridine rings is 1. The standard InChI is InChI=1S/C12H13Cl2N3/c1-7-10(6-13)4-5-11(15-7)17-9(3)12(14)8(2)16-17/h4-5H,6H2,1-3H3. The van der Waals surface area contributed by atoms with Gasteiger partial charge in [0.05, 0.1) is 16.4 Å². The molecule has 0 aliphatic rings. The van der Waals surface area contributed by atoms with Crippen LogP contribution in [-0.4, -0.2) is 14.8 Å². The van der Waals surface area contributed by atoms with Crippen molar-refractivity contribution in [1.29, 1.82) is 0 Å². The average Bonchev–Trinajstić information content (AvgIpc) is 2.57. The van der Waals surface area contributed by atoms with Crippen LogP contribution in [0.5, 0.6) is 0 Å². The Labute approximate surface area is 110 Å². The Bertz CT molecular complexity index is 561. The van der Waals surface area contributed by atoms with Crippen molar-refractivity contribution in [1.82, 2.24) is 14.8 Å². The molecule has 0 bridgehead atoms. The van der Waals surface area contributed by atoms with Crippen molar-refractivity contribution in [3.63, 3.8) is 0 Å². The first-order valence-corrected chi connectivity index (χ1v) is 6.20. The molecule has 0 spiro atoms. The van der Waals surface area contributed by atoms with Gasteiger partial charge in [0.1, 0.15) is 0 Å². The first-order valence-electron chi connectivity index (χ1n) is 5.29. The van der Waals surface area contributed by atoms with Crippen LogP contribution in [-0.2, 0) is 5.88 Å². The number of halogens is 2. The molecule has 0 aromatic carbocycles. The minimum absolute atomic E-state index is 0.469. The molecule has 0 radical (unpaired) electrons. The zero-order valence-corrected chi connectivity index (χ0v) is 11.5. The quantitative estimate of drug-likeness (QED) is 0.781. The predicted octanol–water partition coefficient (Wildman–Crippen LogP) is 3.58. The van der Waals surface area contributed by atoms with Crippen LogP contribution in [0.15, 0.2) is 12.1 Å². The molecule has 2 heterocycles. The second kappa shape index (κ2) is 4.67. The van der Waals surface area contributed by atoms with Gasteiger partial charge in [0.25, 0.3) is 0 Å². The molecule has 0 atom stereocenters. The molecule has 0 aliphatic heterocycles. The smallest absolute Gasteiger partial charge is 0.153 e. The summed E-state index contributed by atoms with van der Waals surface area (Å²) in [5, 5.41) is 5.05. The average molecular weight is 270 g/mol. The van der Waals surface area contributed by atoms with Crippen LogP contribution >= 0.6 is 23.2 Å². The van der Waals surface area contributed by atoms with Gasteiger partial charge in [-0.05, 0) is 32.4 Å². The van der Waals surface area contributed by atoms with Crippen LogP contribution in [0.2, 0.25) is 5.02 Å². The largest absolute Gasteiger partial charge is 0.234 e. The zero-order valence-electron chi connectivity index (χ0n) is 9.96. The molecule has 0 saturated heterocycles. The maximum Gasteiger partial charge on any atom is 0.153 e. The third kappa shape index (κ3) is 2.17. The van der Waals surface area contributed by atoms with E-state index >= 15 is 0 Å². The van der Waals surface area contributed by atoms with Crippen molar-refractivity contribution < 1.29 is 0 Å². The maximum atomic E-state index is 6.11. The van der Waals surface area contributed by atoms with E-state index in [1.807, 2.05) is 32.9 Å². The molecule has 0 unspecified atom stereocenters. The summed E-state index contributed by atoms with van der Waals surface area (Å²) < 4.78 is 1.75. The molecule has 0 saturated carbocycles. The monoisotopic (exact) mass is 269 g/mol. The van der Waals surface area contributed by atoms with Crippen molar-refractivity contribution in [3.8, 4) is 5.82 Å². The van der Waals surface area contributed by atoms with Gasteiger partial charge in [-0.3, -0.25) is 0 Å². The normalized spacial score (nSPS) is 10.9. The predicted molar refractivity (Wildman–Crippen MR) is 70.1 cm³/mol. The zero-order chi connectivity index (χ0) is 12.6. The molecule has 5 heteroatoms. The third-order valence-electron chi connectivity index (χ3n) is 2.74. The molecule has 17 heavy (non-hydrogen) atoms. The van der Waals surface area contributed by atoms with Gasteiger partial charge < -0.3 is 0 Å². The van der Waals surface area contributed by atoms with Gasteiger partial charge in [-0.15, -0.1) is 11.6 Å². The Morgan fingerprint density at radius 1 is 1.18 bits per heavy atom. The highest BCUT2D eigenvalue weighted by atomic mass is 35.5. The lowest BCUT2D eigenvalue weighted by Gasteiger charge is -2.06. The van der Waals surface area contributed by atoms with E-state index in [-0.39, 0.29) is 0 Å². The summed E-state index contributed by atoms with van der Waals surface area (Å²) in [4.78, 5) is 4.49. The number of alkyl halides is 1. The molecule has 2 rings (SSSR count). The van der Waals surface area contributed by atoms with Crippen molar-refractivity contribution in [2.24, 2.45) is 0 Å². The van der Waals surface area contributed by atoms with E-state index in [0.717, 1.165) is 28.5 Å². The van der Waals surface area contributed by atoms with E-state index in [4.69, 9.17) is 23.2 Å². The maximum absolute atomic E-state index is 6.11. The second-order valence-electron chi connectivity index (χ2n) is 3.94. The van der Waals surface area contributed by atoms with Gasteiger partial charge in [-0.25, -0.2) is 9.67 Å². The fourth-order valence-electron chi connectivity index (χ4n) is 1.68. The Morgan fingerprint density at radius 3 is 2.35 bits per heavy atom. The van der Waals surface area contributed by atoms with Crippen LogP contribution in [0.1, 0.15) is 22.6 Å². The fourth-order valence-corrected chi connectivity index (χ4v) is 2.08. The molecule has 0 N–H and O–H groups in total. The third-order valence-corrected chi connectivity index (χ3v) is 3.58. The number of hydrogen-bond acceptors (Lipinski definition) is 2. The van der Waals surface area contributed by atoms with E-state index < -0.39 is 0 Å². The Morgan fingerprint density at radius 2 is 1.88 bits per heavy atom. The number of aromatic nitrogens is 3. The Hall–Kier alpha value is -1.06. The molecule has 2 aromatic heterocycles. The summed E-state index contributed by atoms with van der Waals surface area (Å²) in [5.74, 6) is 1.24. The topological polar surface area (TPSA) is 30.7 Å². The van der Waals surface area contributed by atoms with E-state index in [0.29, 0.717) is 10.9 Å².